The number of benzene rings is 1. The summed E-state index contributed by atoms with van der Waals surface area (Å²) in [5, 5.41) is 0. The molecule has 1 aliphatic carbocycles. The summed E-state index contributed by atoms with van der Waals surface area (Å²) < 4.78 is 11.6. The number of aryl methyl sites for hydroxylation is 1. The molecule has 0 aliphatic heterocycles. The number of ether oxygens (including phenoxy) is 1. The van der Waals surface area contributed by atoms with Crippen LogP contribution in [0, 0.1) is 0 Å². The van der Waals surface area contributed by atoms with E-state index in [9.17, 15) is 0 Å². The van der Waals surface area contributed by atoms with Gasteiger partial charge in [0.1, 0.15) is 18.1 Å². The first-order valence-electron chi connectivity index (χ1n) is 6.84. The fraction of sp³-hybridized carbons (Fsp3) is 0.375. The van der Waals surface area contributed by atoms with Crippen LogP contribution in [-0.2, 0) is 24.3 Å². The van der Waals surface area contributed by atoms with Gasteiger partial charge in [0.15, 0.2) is 0 Å². The van der Waals surface area contributed by atoms with E-state index in [0.717, 1.165) is 24.4 Å². The van der Waals surface area contributed by atoms with Gasteiger partial charge in [0.25, 0.3) is 0 Å². The molecule has 1 aliphatic rings. The van der Waals surface area contributed by atoms with Crippen molar-refractivity contribution in [2.45, 2.75) is 38.5 Å². The first kappa shape index (κ1) is 12.5. The molecule has 2 N–H and O–H groups in total. The molecule has 1 unspecified atom stereocenters. The highest BCUT2D eigenvalue weighted by Gasteiger charge is 2.20. The minimum atomic E-state index is 0.191. The van der Waals surface area contributed by atoms with E-state index in [2.05, 4.69) is 24.3 Å². The highest BCUT2D eigenvalue weighted by molar-refractivity contribution is 5.31. The lowest BCUT2D eigenvalue weighted by molar-refractivity contribution is 0.0188. The van der Waals surface area contributed by atoms with Gasteiger partial charge in [-0.3, -0.25) is 0 Å². The van der Waals surface area contributed by atoms with E-state index in [0.29, 0.717) is 13.2 Å². The molecule has 100 valence electrons. The summed E-state index contributed by atoms with van der Waals surface area (Å²) in [6, 6.07) is 12.4. The molecule has 0 bridgehead atoms. The van der Waals surface area contributed by atoms with Gasteiger partial charge in [-0.1, -0.05) is 24.3 Å². The Morgan fingerprint density at radius 1 is 1.16 bits per heavy atom. The van der Waals surface area contributed by atoms with E-state index in [1.54, 1.807) is 0 Å². The second-order valence-corrected chi connectivity index (χ2v) is 4.96. The molecule has 1 heterocycles. The summed E-state index contributed by atoms with van der Waals surface area (Å²) in [7, 11) is 0. The molecule has 0 radical (unpaired) electrons. The number of hydrogen-bond acceptors (Lipinski definition) is 3. The van der Waals surface area contributed by atoms with Crippen molar-refractivity contribution in [2.75, 3.05) is 0 Å². The van der Waals surface area contributed by atoms with Crippen LogP contribution in [0.1, 0.15) is 41.6 Å². The van der Waals surface area contributed by atoms with Crippen LogP contribution in [0.5, 0.6) is 0 Å². The first-order chi connectivity index (χ1) is 9.36. The number of rotatable bonds is 4. The topological polar surface area (TPSA) is 48.4 Å². The van der Waals surface area contributed by atoms with Gasteiger partial charge >= 0.3 is 0 Å². The molecule has 3 nitrogen and oxygen atoms in total. The van der Waals surface area contributed by atoms with Gasteiger partial charge in [0, 0.05) is 0 Å². The van der Waals surface area contributed by atoms with Crippen molar-refractivity contribution in [1.29, 1.82) is 0 Å². The molecule has 19 heavy (non-hydrogen) atoms. The highest BCUT2D eigenvalue weighted by Crippen LogP contribution is 2.32. The summed E-state index contributed by atoms with van der Waals surface area (Å²) >= 11 is 0. The third-order valence-corrected chi connectivity index (χ3v) is 3.66. The van der Waals surface area contributed by atoms with Crippen LogP contribution in [0.2, 0.25) is 0 Å². The minimum Gasteiger partial charge on any atom is -0.462 e. The number of hydrogen-bond donors (Lipinski definition) is 1. The standard InChI is InChI=1S/C16H19NO2/c17-10-13-8-9-14(19-13)11-18-16-7-3-5-12-4-1-2-6-15(12)16/h1-2,4,6,8-9,16H,3,5,7,10-11,17H2. The molecule has 0 fully saturated rings. The van der Waals surface area contributed by atoms with Gasteiger partial charge < -0.3 is 14.9 Å². The van der Waals surface area contributed by atoms with Crippen molar-refractivity contribution in [2.24, 2.45) is 5.73 Å². The molecule has 1 atom stereocenters. The summed E-state index contributed by atoms with van der Waals surface area (Å²) in [6.07, 6.45) is 3.63. The highest BCUT2D eigenvalue weighted by atomic mass is 16.5. The smallest absolute Gasteiger partial charge is 0.129 e. The van der Waals surface area contributed by atoms with Crippen LogP contribution in [0.4, 0.5) is 0 Å². The summed E-state index contributed by atoms with van der Waals surface area (Å²) in [6.45, 7) is 0.950. The lowest BCUT2D eigenvalue weighted by Gasteiger charge is -2.25. The molecule has 0 saturated heterocycles. The van der Waals surface area contributed by atoms with E-state index in [-0.39, 0.29) is 6.10 Å². The van der Waals surface area contributed by atoms with E-state index in [1.165, 1.54) is 17.5 Å². The lowest BCUT2D eigenvalue weighted by Crippen LogP contribution is -2.12. The van der Waals surface area contributed by atoms with Crippen LogP contribution >= 0.6 is 0 Å². The predicted octanol–water partition coefficient (Wildman–Crippen LogP) is 3.33. The zero-order valence-corrected chi connectivity index (χ0v) is 11.0. The molecular formula is C16H19NO2. The van der Waals surface area contributed by atoms with Gasteiger partial charge in [0.2, 0.25) is 0 Å². The Hall–Kier alpha value is -1.58. The Bertz CT molecular complexity index is 547. The number of fused-ring (bicyclic) bond motifs is 1. The molecule has 3 heteroatoms. The van der Waals surface area contributed by atoms with Crippen molar-refractivity contribution in [1.82, 2.24) is 0 Å². The van der Waals surface area contributed by atoms with Gasteiger partial charge in [0.05, 0.1) is 12.6 Å². The van der Waals surface area contributed by atoms with Crippen molar-refractivity contribution in [3.05, 3.63) is 59.0 Å². The number of nitrogens with two attached hydrogens (primary N) is 1. The molecule has 0 saturated carbocycles. The van der Waals surface area contributed by atoms with E-state index in [4.69, 9.17) is 14.9 Å². The quantitative estimate of drug-likeness (QED) is 0.914. The maximum Gasteiger partial charge on any atom is 0.129 e. The van der Waals surface area contributed by atoms with E-state index < -0.39 is 0 Å². The van der Waals surface area contributed by atoms with Gasteiger partial charge in [-0.05, 0) is 42.5 Å². The number of furan rings is 1. The molecule has 0 spiro atoms. The second kappa shape index (κ2) is 5.59. The van der Waals surface area contributed by atoms with Crippen molar-refractivity contribution >= 4 is 0 Å². The Morgan fingerprint density at radius 3 is 2.84 bits per heavy atom. The SMILES string of the molecule is NCc1ccc(COC2CCCc3ccccc32)o1. The molecule has 0 amide bonds. The van der Waals surface area contributed by atoms with E-state index >= 15 is 0 Å². The maximum atomic E-state index is 6.02. The fourth-order valence-corrected chi connectivity index (χ4v) is 2.67. The average Bonchev–Trinajstić information content (AvgIpc) is 2.93. The van der Waals surface area contributed by atoms with E-state index in [1.807, 2.05) is 12.1 Å². The third-order valence-electron chi connectivity index (χ3n) is 3.66. The lowest BCUT2D eigenvalue weighted by atomic mass is 9.89. The maximum absolute atomic E-state index is 6.02. The van der Waals surface area contributed by atoms with Crippen molar-refractivity contribution in [3.63, 3.8) is 0 Å². The Morgan fingerprint density at radius 2 is 2.00 bits per heavy atom. The summed E-state index contributed by atoms with van der Waals surface area (Å²) in [5.41, 5.74) is 8.28. The fourth-order valence-electron chi connectivity index (χ4n) is 2.67. The molecule has 3 rings (SSSR count). The van der Waals surface area contributed by atoms with Crippen LogP contribution in [-0.4, -0.2) is 0 Å². The summed E-state index contributed by atoms with van der Waals surface area (Å²) in [4.78, 5) is 0. The van der Waals surface area contributed by atoms with Crippen molar-refractivity contribution < 1.29 is 9.15 Å². The third kappa shape index (κ3) is 2.72. The molecule has 2 aromatic rings. The predicted molar refractivity (Wildman–Crippen MR) is 73.5 cm³/mol. The largest absolute Gasteiger partial charge is 0.462 e. The first-order valence-corrected chi connectivity index (χ1v) is 6.84. The average molecular weight is 257 g/mol. The molecule has 1 aromatic carbocycles. The van der Waals surface area contributed by atoms with Gasteiger partial charge in [-0.2, -0.15) is 0 Å². The molecule has 1 aromatic heterocycles. The Kier molecular flexibility index (Phi) is 3.67. The van der Waals surface area contributed by atoms with Crippen LogP contribution in [0.15, 0.2) is 40.8 Å². The second-order valence-electron chi connectivity index (χ2n) is 4.96. The van der Waals surface area contributed by atoms with Crippen LogP contribution < -0.4 is 5.73 Å². The zero-order valence-electron chi connectivity index (χ0n) is 11.0. The monoisotopic (exact) mass is 257 g/mol. The van der Waals surface area contributed by atoms with Crippen LogP contribution in [0.3, 0.4) is 0 Å². The normalized spacial score (nSPS) is 18.3. The van der Waals surface area contributed by atoms with Gasteiger partial charge in [-0.25, -0.2) is 0 Å². The minimum absolute atomic E-state index is 0.191. The Balaban J connectivity index is 1.68. The van der Waals surface area contributed by atoms with Crippen molar-refractivity contribution in [3.8, 4) is 0 Å². The Labute approximate surface area is 113 Å². The van der Waals surface area contributed by atoms with Gasteiger partial charge in [-0.15, -0.1) is 0 Å². The summed E-state index contributed by atoms with van der Waals surface area (Å²) in [5.74, 6) is 1.66. The van der Waals surface area contributed by atoms with Crippen LogP contribution in [0.25, 0.3) is 0 Å². The molecular weight excluding hydrogens is 238 g/mol. The zero-order chi connectivity index (χ0) is 13.1.